The van der Waals surface area contributed by atoms with E-state index in [1.807, 2.05) is 0 Å². The molecule has 0 spiro atoms. The van der Waals surface area contributed by atoms with E-state index in [1.54, 1.807) is 0 Å². The van der Waals surface area contributed by atoms with Crippen LogP contribution < -0.4 is 5.32 Å². The largest absolute Gasteiger partial charge is 0.481 e. The minimum absolute atomic E-state index is 0.112. The Bertz CT molecular complexity index is 768. The van der Waals surface area contributed by atoms with Crippen molar-refractivity contribution in [2.75, 3.05) is 18.5 Å². The van der Waals surface area contributed by atoms with Crippen LogP contribution in [0.15, 0.2) is 12.7 Å². The van der Waals surface area contributed by atoms with E-state index in [0.717, 1.165) is 0 Å². The Morgan fingerprint density at radius 1 is 1.23 bits per heavy atom. The smallest absolute Gasteiger partial charge is 0.303 e. The zero-order chi connectivity index (χ0) is 18.7. The minimum atomic E-state index is -1.23. The number of carbonyl (C=O) groups is 1. The first kappa shape index (κ1) is 18.5. The maximum Gasteiger partial charge on any atom is 0.303 e. The number of fused-ring (bicyclic) bond motifs is 1. The van der Waals surface area contributed by atoms with Gasteiger partial charge >= 0.3 is 5.97 Å². The highest BCUT2D eigenvalue weighted by atomic mass is 16.6. The van der Waals surface area contributed by atoms with E-state index < -0.39 is 37.1 Å². The third-order valence-electron chi connectivity index (χ3n) is 4.26. The number of aliphatic hydroxyl groups excluding tert-OH is 3. The van der Waals surface area contributed by atoms with Gasteiger partial charge in [-0.25, -0.2) is 15.0 Å². The number of anilines is 1. The van der Waals surface area contributed by atoms with E-state index in [4.69, 9.17) is 9.84 Å². The number of imidazole rings is 1. The number of unbranched alkanes of at least 4 members (excludes halogenated alkanes) is 1. The van der Waals surface area contributed by atoms with Crippen LogP contribution in [0.25, 0.3) is 11.2 Å². The number of nitrogens with one attached hydrogen (secondary N) is 1. The number of ether oxygens (including phenoxy) is 1. The summed E-state index contributed by atoms with van der Waals surface area (Å²) in [6.45, 7) is 0.111. The summed E-state index contributed by atoms with van der Waals surface area (Å²) in [4.78, 5) is 23.1. The Hall–Kier alpha value is -2.34. The van der Waals surface area contributed by atoms with Crippen molar-refractivity contribution in [1.29, 1.82) is 0 Å². The number of rotatable bonds is 8. The van der Waals surface area contributed by atoms with Gasteiger partial charge in [0.1, 0.15) is 24.6 Å². The van der Waals surface area contributed by atoms with E-state index in [1.165, 1.54) is 17.2 Å². The second-order valence-corrected chi connectivity index (χ2v) is 6.05. The molecule has 0 saturated carbocycles. The standard InChI is InChI=1S/C15H21N5O6/c21-5-8-11(24)12(25)15(26-8)20-7-19-10-13(17-6-18-14(10)20)16-4-2-1-3-9(22)23/h6-8,11-12,15,21,24-25H,1-5H2,(H,22,23)(H,16,17,18)/t8-,11-,12-,15-/m1/s1. The summed E-state index contributed by atoms with van der Waals surface area (Å²) in [5.41, 5.74) is 0.867. The Balaban J connectivity index is 1.73. The van der Waals surface area contributed by atoms with Gasteiger partial charge in [-0.1, -0.05) is 0 Å². The number of nitrogens with zero attached hydrogens (tertiary/aromatic N) is 4. The van der Waals surface area contributed by atoms with Gasteiger partial charge in [0.15, 0.2) is 23.2 Å². The number of hydrogen-bond acceptors (Lipinski definition) is 9. The lowest BCUT2D eigenvalue weighted by atomic mass is 10.1. The van der Waals surface area contributed by atoms with Crippen molar-refractivity contribution in [3.63, 3.8) is 0 Å². The maximum absolute atomic E-state index is 10.5. The molecule has 4 atom stereocenters. The molecule has 11 heteroatoms. The van der Waals surface area contributed by atoms with Crippen molar-refractivity contribution >= 4 is 23.0 Å². The molecule has 11 nitrogen and oxygen atoms in total. The molecule has 142 valence electrons. The third-order valence-corrected chi connectivity index (χ3v) is 4.26. The van der Waals surface area contributed by atoms with Gasteiger partial charge in [-0.15, -0.1) is 0 Å². The normalized spacial score (nSPS) is 25.7. The van der Waals surface area contributed by atoms with Gasteiger partial charge < -0.3 is 30.5 Å². The Labute approximate surface area is 148 Å². The molecule has 1 fully saturated rings. The maximum atomic E-state index is 10.5. The fourth-order valence-electron chi connectivity index (χ4n) is 2.89. The minimum Gasteiger partial charge on any atom is -0.481 e. The van der Waals surface area contributed by atoms with Crippen molar-refractivity contribution in [1.82, 2.24) is 19.5 Å². The van der Waals surface area contributed by atoms with Crippen LogP contribution in [0.5, 0.6) is 0 Å². The van der Waals surface area contributed by atoms with Gasteiger partial charge in [0.25, 0.3) is 0 Å². The number of aromatic nitrogens is 4. The average molecular weight is 367 g/mol. The summed E-state index contributed by atoms with van der Waals surface area (Å²) in [5, 5.41) is 41.0. The zero-order valence-electron chi connectivity index (χ0n) is 13.9. The predicted molar refractivity (Wildman–Crippen MR) is 88.3 cm³/mol. The second-order valence-electron chi connectivity index (χ2n) is 6.05. The molecule has 1 saturated heterocycles. The van der Waals surface area contributed by atoms with Crippen LogP contribution in [-0.2, 0) is 9.53 Å². The van der Waals surface area contributed by atoms with E-state index in [-0.39, 0.29) is 6.42 Å². The number of carboxylic acid groups (broad SMARTS) is 1. The Morgan fingerprint density at radius 2 is 2.04 bits per heavy atom. The molecule has 0 aromatic carbocycles. The van der Waals surface area contributed by atoms with Crippen LogP contribution in [0.4, 0.5) is 5.82 Å². The number of hydrogen-bond donors (Lipinski definition) is 5. The van der Waals surface area contributed by atoms with Crippen molar-refractivity contribution in [2.45, 2.75) is 43.8 Å². The highest BCUT2D eigenvalue weighted by Crippen LogP contribution is 2.32. The number of aliphatic carboxylic acids is 1. The molecular weight excluding hydrogens is 346 g/mol. The molecule has 5 N–H and O–H groups in total. The lowest BCUT2D eigenvalue weighted by Crippen LogP contribution is -2.33. The average Bonchev–Trinajstić information content (AvgIpc) is 3.17. The monoisotopic (exact) mass is 367 g/mol. The first-order valence-electron chi connectivity index (χ1n) is 8.28. The molecule has 2 aromatic rings. The van der Waals surface area contributed by atoms with Gasteiger partial charge in [0, 0.05) is 13.0 Å². The SMILES string of the molecule is O=C(O)CCCCNc1ncnc2c1ncn2[C@@H]1O[C@H](CO)[C@@H](O)[C@H]1O. The zero-order valence-corrected chi connectivity index (χ0v) is 13.9. The van der Waals surface area contributed by atoms with E-state index in [9.17, 15) is 20.1 Å². The van der Waals surface area contributed by atoms with E-state index in [2.05, 4.69) is 20.3 Å². The molecular formula is C15H21N5O6. The summed E-state index contributed by atoms with van der Waals surface area (Å²) in [6, 6.07) is 0. The summed E-state index contributed by atoms with van der Waals surface area (Å²) in [6.07, 6.45) is -0.173. The first-order chi connectivity index (χ1) is 12.5. The molecule has 1 aliphatic rings. The summed E-state index contributed by atoms with van der Waals surface area (Å²) in [7, 11) is 0. The number of carboxylic acids is 1. The highest BCUT2D eigenvalue weighted by Gasteiger charge is 2.44. The van der Waals surface area contributed by atoms with Crippen molar-refractivity contribution in [2.24, 2.45) is 0 Å². The molecule has 0 unspecified atom stereocenters. The van der Waals surface area contributed by atoms with Crippen LogP contribution in [0.3, 0.4) is 0 Å². The fourth-order valence-corrected chi connectivity index (χ4v) is 2.89. The molecule has 3 heterocycles. The Kier molecular flexibility index (Phi) is 5.61. The lowest BCUT2D eigenvalue weighted by Gasteiger charge is -2.16. The van der Waals surface area contributed by atoms with Crippen molar-refractivity contribution in [3.8, 4) is 0 Å². The Morgan fingerprint density at radius 3 is 2.73 bits per heavy atom. The van der Waals surface area contributed by atoms with Crippen molar-refractivity contribution in [3.05, 3.63) is 12.7 Å². The molecule has 0 radical (unpaired) electrons. The van der Waals surface area contributed by atoms with Gasteiger partial charge in [-0.3, -0.25) is 9.36 Å². The quantitative estimate of drug-likeness (QED) is 0.370. The molecule has 0 aliphatic carbocycles. The molecule has 26 heavy (non-hydrogen) atoms. The van der Waals surface area contributed by atoms with Gasteiger partial charge in [0.05, 0.1) is 12.9 Å². The van der Waals surface area contributed by atoms with Gasteiger partial charge in [-0.2, -0.15) is 0 Å². The van der Waals surface area contributed by atoms with Crippen molar-refractivity contribution < 1.29 is 30.0 Å². The summed E-state index contributed by atoms with van der Waals surface area (Å²) < 4.78 is 6.98. The molecule has 0 amide bonds. The summed E-state index contributed by atoms with van der Waals surface area (Å²) >= 11 is 0. The second kappa shape index (κ2) is 7.91. The lowest BCUT2D eigenvalue weighted by molar-refractivity contribution is -0.137. The van der Waals surface area contributed by atoms with Crippen LogP contribution >= 0.6 is 0 Å². The highest BCUT2D eigenvalue weighted by molar-refractivity contribution is 5.82. The number of aliphatic hydroxyl groups is 3. The van der Waals surface area contributed by atoms with Crippen LogP contribution in [0.2, 0.25) is 0 Å². The van der Waals surface area contributed by atoms with Gasteiger partial charge in [0.2, 0.25) is 0 Å². The topological polar surface area (TPSA) is 163 Å². The molecule has 1 aliphatic heterocycles. The molecule has 3 rings (SSSR count). The third kappa shape index (κ3) is 3.60. The van der Waals surface area contributed by atoms with E-state index in [0.29, 0.717) is 36.4 Å². The predicted octanol–water partition coefficient (Wildman–Crippen LogP) is -0.895. The van der Waals surface area contributed by atoms with Crippen LogP contribution in [0, 0.1) is 0 Å². The van der Waals surface area contributed by atoms with Crippen LogP contribution in [-0.4, -0.2) is 77.4 Å². The molecule has 0 bridgehead atoms. The van der Waals surface area contributed by atoms with E-state index >= 15 is 0 Å². The molecule has 2 aromatic heterocycles. The van der Waals surface area contributed by atoms with Crippen LogP contribution in [0.1, 0.15) is 25.5 Å². The fraction of sp³-hybridized carbons (Fsp3) is 0.600. The first-order valence-corrected chi connectivity index (χ1v) is 8.28. The van der Waals surface area contributed by atoms with Gasteiger partial charge in [-0.05, 0) is 12.8 Å². The summed E-state index contributed by atoms with van der Waals surface area (Å²) in [5.74, 6) is -0.345.